The number of aromatic nitrogens is 5. The van der Waals surface area contributed by atoms with E-state index < -0.39 is 0 Å². The van der Waals surface area contributed by atoms with Crippen molar-refractivity contribution in [2.24, 2.45) is 5.92 Å². The van der Waals surface area contributed by atoms with Gasteiger partial charge in [0.25, 0.3) is 0 Å². The molecule has 1 atom stereocenters. The zero-order chi connectivity index (χ0) is 15.4. The first kappa shape index (κ1) is 15.1. The van der Waals surface area contributed by atoms with Crippen LogP contribution in [0.15, 0.2) is 17.2 Å². The number of hydrogen-bond donors (Lipinski definition) is 0. The molecule has 22 heavy (non-hydrogen) atoms. The van der Waals surface area contributed by atoms with Crippen molar-refractivity contribution in [2.45, 2.75) is 39.5 Å². The standard InChI is InChI=1S/C14H22N6O2/c1-11(2)5-13-17-14(22-18-13)8-19-3-4-21-12(6-19)7-20-10-15-9-16-20/h9-12H,3-8H2,1-2H3. The topological polar surface area (TPSA) is 82.1 Å². The third-order valence-corrected chi connectivity index (χ3v) is 3.54. The number of hydrogen-bond acceptors (Lipinski definition) is 7. The van der Waals surface area contributed by atoms with Gasteiger partial charge in [-0.05, 0) is 5.92 Å². The van der Waals surface area contributed by atoms with Crippen LogP contribution in [-0.4, -0.2) is 55.6 Å². The molecule has 8 nitrogen and oxygen atoms in total. The molecule has 3 rings (SSSR count). The molecule has 1 unspecified atom stereocenters. The van der Waals surface area contributed by atoms with Crippen LogP contribution in [0.3, 0.4) is 0 Å². The molecule has 0 amide bonds. The first-order valence-electron chi connectivity index (χ1n) is 7.67. The normalized spacial score (nSPS) is 19.9. The van der Waals surface area contributed by atoms with Crippen molar-refractivity contribution in [3.63, 3.8) is 0 Å². The molecule has 0 radical (unpaired) electrons. The van der Waals surface area contributed by atoms with E-state index in [1.807, 2.05) is 0 Å². The van der Waals surface area contributed by atoms with Crippen molar-refractivity contribution < 1.29 is 9.26 Å². The second kappa shape index (κ2) is 6.97. The highest BCUT2D eigenvalue weighted by Crippen LogP contribution is 2.12. The molecule has 1 aliphatic heterocycles. The number of morpholine rings is 1. The lowest BCUT2D eigenvalue weighted by molar-refractivity contribution is -0.0426. The average molecular weight is 306 g/mol. The van der Waals surface area contributed by atoms with Gasteiger partial charge in [0.05, 0.1) is 25.8 Å². The van der Waals surface area contributed by atoms with E-state index in [0.717, 1.165) is 25.3 Å². The highest BCUT2D eigenvalue weighted by atomic mass is 16.5. The summed E-state index contributed by atoms with van der Waals surface area (Å²) in [4.78, 5) is 10.7. The van der Waals surface area contributed by atoms with Gasteiger partial charge in [-0.2, -0.15) is 10.1 Å². The van der Waals surface area contributed by atoms with Crippen LogP contribution in [0.1, 0.15) is 25.6 Å². The molecule has 1 aliphatic rings. The van der Waals surface area contributed by atoms with Crippen LogP contribution in [-0.2, 0) is 24.2 Å². The number of nitrogens with zero attached hydrogens (tertiary/aromatic N) is 6. The smallest absolute Gasteiger partial charge is 0.240 e. The van der Waals surface area contributed by atoms with Crippen molar-refractivity contribution in [1.29, 1.82) is 0 Å². The minimum absolute atomic E-state index is 0.105. The van der Waals surface area contributed by atoms with E-state index in [2.05, 4.69) is 39.0 Å². The third kappa shape index (κ3) is 4.11. The van der Waals surface area contributed by atoms with E-state index in [1.165, 1.54) is 6.33 Å². The second-order valence-electron chi connectivity index (χ2n) is 6.05. The van der Waals surface area contributed by atoms with Gasteiger partial charge in [-0.25, -0.2) is 4.98 Å². The Labute approximate surface area is 129 Å². The predicted molar refractivity (Wildman–Crippen MR) is 77.9 cm³/mol. The van der Waals surface area contributed by atoms with Gasteiger partial charge in [-0.3, -0.25) is 9.58 Å². The maximum atomic E-state index is 5.78. The molecule has 0 saturated carbocycles. The molecule has 8 heteroatoms. The Morgan fingerprint density at radius 3 is 3.09 bits per heavy atom. The summed E-state index contributed by atoms with van der Waals surface area (Å²) < 4.78 is 12.9. The first-order chi connectivity index (χ1) is 10.7. The molecule has 1 saturated heterocycles. The van der Waals surface area contributed by atoms with Crippen LogP contribution in [0.4, 0.5) is 0 Å². The maximum absolute atomic E-state index is 5.78. The van der Waals surface area contributed by atoms with Gasteiger partial charge >= 0.3 is 0 Å². The van der Waals surface area contributed by atoms with E-state index in [4.69, 9.17) is 9.26 Å². The van der Waals surface area contributed by atoms with Gasteiger partial charge < -0.3 is 9.26 Å². The average Bonchev–Trinajstić information content (AvgIpc) is 3.11. The Morgan fingerprint density at radius 1 is 1.41 bits per heavy atom. The molecular formula is C14H22N6O2. The van der Waals surface area contributed by atoms with Crippen LogP contribution in [0.25, 0.3) is 0 Å². The van der Waals surface area contributed by atoms with Crippen LogP contribution in [0.5, 0.6) is 0 Å². The summed E-state index contributed by atoms with van der Waals surface area (Å²) in [7, 11) is 0. The zero-order valence-electron chi connectivity index (χ0n) is 13.1. The third-order valence-electron chi connectivity index (χ3n) is 3.54. The summed E-state index contributed by atoms with van der Waals surface area (Å²) in [5.41, 5.74) is 0. The van der Waals surface area contributed by atoms with E-state index in [9.17, 15) is 0 Å². The van der Waals surface area contributed by atoms with E-state index in [-0.39, 0.29) is 6.10 Å². The van der Waals surface area contributed by atoms with Crippen molar-refractivity contribution >= 4 is 0 Å². The fourth-order valence-electron chi connectivity index (χ4n) is 2.56. The van der Waals surface area contributed by atoms with Crippen molar-refractivity contribution in [3.8, 4) is 0 Å². The summed E-state index contributed by atoms with van der Waals surface area (Å²) in [6.45, 7) is 8.06. The van der Waals surface area contributed by atoms with Gasteiger partial charge in [-0.15, -0.1) is 0 Å². The van der Waals surface area contributed by atoms with E-state index >= 15 is 0 Å². The lowest BCUT2D eigenvalue weighted by atomic mass is 10.1. The van der Waals surface area contributed by atoms with Gasteiger partial charge in [0.1, 0.15) is 12.7 Å². The fourth-order valence-corrected chi connectivity index (χ4v) is 2.56. The highest BCUT2D eigenvalue weighted by molar-refractivity contribution is 4.88. The van der Waals surface area contributed by atoms with Gasteiger partial charge in [0.15, 0.2) is 5.82 Å². The Hall–Kier alpha value is -1.80. The van der Waals surface area contributed by atoms with Crippen LogP contribution < -0.4 is 0 Å². The van der Waals surface area contributed by atoms with Gasteiger partial charge in [0.2, 0.25) is 5.89 Å². The summed E-state index contributed by atoms with van der Waals surface area (Å²) in [5.74, 6) is 2.00. The molecule has 0 aromatic carbocycles. The minimum atomic E-state index is 0.105. The Morgan fingerprint density at radius 2 is 2.32 bits per heavy atom. The number of rotatable bonds is 6. The van der Waals surface area contributed by atoms with Crippen LogP contribution >= 0.6 is 0 Å². The quantitative estimate of drug-likeness (QED) is 0.779. The van der Waals surface area contributed by atoms with Crippen molar-refractivity contribution in [1.82, 2.24) is 29.8 Å². The maximum Gasteiger partial charge on any atom is 0.240 e. The molecular weight excluding hydrogens is 284 g/mol. The van der Waals surface area contributed by atoms with Crippen molar-refractivity contribution in [2.75, 3.05) is 19.7 Å². The molecule has 2 aromatic heterocycles. The monoisotopic (exact) mass is 306 g/mol. The summed E-state index contributed by atoms with van der Waals surface area (Å²) in [5, 5.41) is 8.15. The van der Waals surface area contributed by atoms with Gasteiger partial charge in [0, 0.05) is 19.5 Å². The Bertz CT molecular complexity index is 568. The lowest BCUT2D eigenvalue weighted by Gasteiger charge is -2.31. The largest absolute Gasteiger partial charge is 0.374 e. The summed E-state index contributed by atoms with van der Waals surface area (Å²) >= 11 is 0. The highest BCUT2D eigenvalue weighted by Gasteiger charge is 2.23. The Kier molecular flexibility index (Phi) is 4.79. The fraction of sp³-hybridized carbons (Fsp3) is 0.714. The molecule has 2 aromatic rings. The summed E-state index contributed by atoms with van der Waals surface area (Å²) in [6, 6.07) is 0. The minimum Gasteiger partial charge on any atom is -0.374 e. The van der Waals surface area contributed by atoms with Gasteiger partial charge in [-0.1, -0.05) is 19.0 Å². The van der Waals surface area contributed by atoms with E-state index in [0.29, 0.717) is 31.5 Å². The second-order valence-corrected chi connectivity index (χ2v) is 6.05. The summed E-state index contributed by atoms with van der Waals surface area (Å²) in [6.07, 6.45) is 4.20. The molecule has 120 valence electrons. The van der Waals surface area contributed by atoms with Crippen molar-refractivity contribution in [3.05, 3.63) is 24.4 Å². The Balaban J connectivity index is 1.52. The molecule has 0 bridgehead atoms. The molecule has 3 heterocycles. The van der Waals surface area contributed by atoms with Crippen LogP contribution in [0.2, 0.25) is 0 Å². The predicted octanol–water partition coefficient (Wildman–Crippen LogP) is 0.761. The first-order valence-corrected chi connectivity index (χ1v) is 7.67. The lowest BCUT2D eigenvalue weighted by Crippen LogP contribution is -2.43. The molecule has 0 aliphatic carbocycles. The number of ether oxygens (including phenoxy) is 1. The van der Waals surface area contributed by atoms with Crippen LogP contribution in [0, 0.1) is 5.92 Å². The molecule has 1 fully saturated rings. The molecule has 0 N–H and O–H groups in total. The zero-order valence-corrected chi connectivity index (χ0v) is 13.1. The molecule has 0 spiro atoms. The van der Waals surface area contributed by atoms with E-state index in [1.54, 1.807) is 11.0 Å². The SMILES string of the molecule is CC(C)Cc1noc(CN2CCOC(Cn3cncn3)C2)n1.